The van der Waals surface area contributed by atoms with Gasteiger partial charge in [0.1, 0.15) is 0 Å². The van der Waals surface area contributed by atoms with Crippen molar-refractivity contribution in [1.29, 1.82) is 0 Å². The molecule has 1 amide bonds. The number of rotatable bonds is 5. The number of carbonyl (C=O) groups is 1. The molecule has 0 radical (unpaired) electrons. The van der Waals surface area contributed by atoms with Gasteiger partial charge in [-0.2, -0.15) is 5.10 Å². The van der Waals surface area contributed by atoms with Gasteiger partial charge < -0.3 is 20.2 Å². The summed E-state index contributed by atoms with van der Waals surface area (Å²) >= 11 is 0. The number of carbonyl (C=O) groups excluding carboxylic acids is 1. The Labute approximate surface area is 180 Å². The first kappa shape index (κ1) is 21.8. The lowest BCUT2D eigenvalue weighted by atomic mass is 9.84. The quantitative estimate of drug-likeness (QED) is 0.765. The normalized spacial score (nSPS) is 25.0. The number of aromatic nitrogens is 2. The Bertz CT molecular complexity index is 740. The van der Waals surface area contributed by atoms with Crippen LogP contribution >= 0.6 is 0 Å². The van der Waals surface area contributed by atoms with Crippen LogP contribution in [0.3, 0.4) is 0 Å². The van der Waals surface area contributed by atoms with Crippen LogP contribution in [0, 0.1) is 0 Å². The molecule has 2 N–H and O–H groups in total. The van der Waals surface area contributed by atoms with E-state index in [0.717, 1.165) is 89.7 Å². The summed E-state index contributed by atoms with van der Waals surface area (Å²) in [6, 6.07) is 0.305. The van der Waals surface area contributed by atoms with Gasteiger partial charge in [-0.1, -0.05) is 19.3 Å². The molecule has 7 nitrogen and oxygen atoms in total. The Morgan fingerprint density at radius 1 is 1.17 bits per heavy atom. The number of aliphatic hydroxyl groups is 1. The van der Waals surface area contributed by atoms with Crippen molar-refractivity contribution in [2.75, 3.05) is 39.8 Å². The van der Waals surface area contributed by atoms with E-state index in [4.69, 9.17) is 5.10 Å². The van der Waals surface area contributed by atoms with Crippen LogP contribution < -0.4 is 5.32 Å². The van der Waals surface area contributed by atoms with Crippen LogP contribution in [0.2, 0.25) is 0 Å². The van der Waals surface area contributed by atoms with Crippen LogP contribution in [-0.4, -0.2) is 82.0 Å². The third-order valence-corrected chi connectivity index (χ3v) is 7.36. The summed E-state index contributed by atoms with van der Waals surface area (Å²) in [6.07, 6.45) is 9.13. The first-order valence-electron chi connectivity index (χ1n) is 12.0. The molecule has 2 fully saturated rings. The van der Waals surface area contributed by atoms with Gasteiger partial charge >= 0.3 is 0 Å². The summed E-state index contributed by atoms with van der Waals surface area (Å²) in [6.45, 7) is 7.12. The Balaban J connectivity index is 1.47. The summed E-state index contributed by atoms with van der Waals surface area (Å²) in [7, 11) is 2.12. The SMILES string of the molecule is CCn1nc(C(=O)N2CCCN(C)CC2)c2c1CC[C@H](NCC1(O)CCCCC1)C2. The third kappa shape index (κ3) is 4.73. The third-order valence-electron chi connectivity index (χ3n) is 7.36. The van der Waals surface area contributed by atoms with Gasteiger partial charge in [-0.05, 0) is 59.0 Å². The molecule has 30 heavy (non-hydrogen) atoms. The van der Waals surface area contributed by atoms with E-state index in [1.807, 2.05) is 9.58 Å². The number of fused-ring (bicyclic) bond motifs is 1. The summed E-state index contributed by atoms with van der Waals surface area (Å²) in [4.78, 5) is 17.7. The average molecular weight is 418 g/mol. The zero-order chi connectivity index (χ0) is 21.1. The van der Waals surface area contributed by atoms with Crippen molar-refractivity contribution in [2.45, 2.75) is 82.9 Å². The molecule has 7 heteroatoms. The smallest absolute Gasteiger partial charge is 0.274 e. The average Bonchev–Trinajstić information content (AvgIpc) is 2.98. The summed E-state index contributed by atoms with van der Waals surface area (Å²) < 4.78 is 2.04. The Morgan fingerprint density at radius 3 is 2.73 bits per heavy atom. The molecule has 0 aromatic carbocycles. The molecular weight excluding hydrogens is 378 g/mol. The summed E-state index contributed by atoms with van der Waals surface area (Å²) in [5.74, 6) is 0.0975. The van der Waals surface area contributed by atoms with E-state index in [-0.39, 0.29) is 5.91 Å². The molecule has 2 aliphatic carbocycles. The Hall–Kier alpha value is -1.44. The first-order chi connectivity index (χ1) is 14.5. The lowest BCUT2D eigenvalue weighted by molar-refractivity contribution is 0.00227. The highest BCUT2D eigenvalue weighted by atomic mass is 16.3. The minimum absolute atomic E-state index is 0.0975. The number of hydrogen-bond donors (Lipinski definition) is 2. The predicted octanol–water partition coefficient (Wildman–Crippen LogP) is 1.82. The largest absolute Gasteiger partial charge is 0.389 e. The van der Waals surface area contributed by atoms with Gasteiger partial charge in [-0.25, -0.2) is 0 Å². The van der Waals surface area contributed by atoms with E-state index in [9.17, 15) is 9.90 Å². The maximum absolute atomic E-state index is 13.4. The molecule has 0 spiro atoms. The van der Waals surface area contributed by atoms with E-state index in [0.29, 0.717) is 18.3 Å². The number of aryl methyl sites for hydroxylation is 1. The second-order valence-electron chi connectivity index (χ2n) is 9.64. The lowest BCUT2D eigenvalue weighted by Crippen LogP contribution is -2.47. The van der Waals surface area contributed by atoms with Gasteiger partial charge in [-0.3, -0.25) is 9.48 Å². The van der Waals surface area contributed by atoms with Crippen LogP contribution in [0.25, 0.3) is 0 Å². The lowest BCUT2D eigenvalue weighted by Gasteiger charge is -2.35. The molecule has 2 heterocycles. The molecule has 0 unspecified atom stereocenters. The van der Waals surface area contributed by atoms with Gasteiger partial charge in [0.15, 0.2) is 5.69 Å². The minimum Gasteiger partial charge on any atom is -0.389 e. The molecule has 1 aromatic rings. The topological polar surface area (TPSA) is 73.6 Å². The molecule has 4 rings (SSSR count). The van der Waals surface area contributed by atoms with Crippen molar-refractivity contribution >= 4 is 5.91 Å². The predicted molar refractivity (Wildman–Crippen MR) is 118 cm³/mol. The first-order valence-corrected chi connectivity index (χ1v) is 12.0. The maximum Gasteiger partial charge on any atom is 0.274 e. The van der Waals surface area contributed by atoms with Gasteiger partial charge in [0, 0.05) is 50.0 Å². The van der Waals surface area contributed by atoms with Crippen LogP contribution in [0.1, 0.15) is 73.6 Å². The van der Waals surface area contributed by atoms with Crippen LogP contribution in [0.4, 0.5) is 0 Å². The Morgan fingerprint density at radius 2 is 1.97 bits per heavy atom. The van der Waals surface area contributed by atoms with E-state index < -0.39 is 5.60 Å². The fourth-order valence-corrected chi connectivity index (χ4v) is 5.42. The molecule has 1 atom stereocenters. The van der Waals surface area contributed by atoms with Crippen molar-refractivity contribution in [2.24, 2.45) is 0 Å². The standard InChI is InChI=1S/C23H39N5O2/c1-3-28-20-9-8-18(24-17-23(30)10-5-4-6-11-23)16-19(20)21(25-28)22(29)27-13-7-12-26(2)14-15-27/h18,24,30H,3-17H2,1-2H3/t18-/m0/s1. The van der Waals surface area contributed by atoms with E-state index >= 15 is 0 Å². The van der Waals surface area contributed by atoms with Crippen molar-refractivity contribution in [3.8, 4) is 0 Å². The molecule has 1 aliphatic heterocycles. The number of likely N-dealkylation sites (N-methyl/N-ethyl adjacent to an activating group) is 1. The second kappa shape index (κ2) is 9.37. The fourth-order valence-electron chi connectivity index (χ4n) is 5.42. The van der Waals surface area contributed by atoms with Crippen molar-refractivity contribution < 1.29 is 9.90 Å². The fraction of sp³-hybridized carbons (Fsp3) is 0.826. The van der Waals surface area contributed by atoms with Gasteiger partial charge in [0.25, 0.3) is 5.91 Å². The number of nitrogens with one attached hydrogen (secondary N) is 1. The Kier molecular flexibility index (Phi) is 6.80. The van der Waals surface area contributed by atoms with Crippen LogP contribution in [-0.2, 0) is 19.4 Å². The van der Waals surface area contributed by atoms with Gasteiger partial charge in [0.05, 0.1) is 5.60 Å². The summed E-state index contributed by atoms with van der Waals surface area (Å²) in [5, 5.41) is 19.3. The zero-order valence-corrected chi connectivity index (χ0v) is 18.8. The van der Waals surface area contributed by atoms with Crippen LogP contribution in [0.5, 0.6) is 0 Å². The highest BCUT2D eigenvalue weighted by molar-refractivity contribution is 5.94. The molecule has 1 saturated heterocycles. The number of nitrogens with zero attached hydrogens (tertiary/aromatic N) is 4. The van der Waals surface area contributed by atoms with Crippen molar-refractivity contribution in [1.82, 2.24) is 24.9 Å². The van der Waals surface area contributed by atoms with Crippen LogP contribution in [0.15, 0.2) is 0 Å². The van der Waals surface area contributed by atoms with Gasteiger partial charge in [0.2, 0.25) is 0 Å². The van der Waals surface area contributed by atoms with Crippen molar-refractivity contribution in [3.63, 3.8) is 0 Å². The van der Waals surface area contributed by atoms with E-state index in [1.165, 1.54) is 12.1 Å². The number of amides is 1. The highest BCUT2D eigenvalue weighted by Crippen LogP contribution is 2.29. The highest BCUT2D eigenvalue weighted by Gasteiger charge is 2.33. The zero-order valence-electron chi connectivity index (χ0n) is 18.8. The molecular formula is C23H39N5O2. The molecule has 1 aromatic heterocycles. The minimum atomic E-state index is -0.553. The second-order valence-corrected chi connectivity index (χ2v) is 9.64. The molecule has 168 valence electrons. The number of hydrogen-bond acceptors (Lipinski definition) is 5. The molecule has 0 bridgehead atoms. The molecule has 3 aliphatic rings. The summed E-state index contributed by atoms with van der Waals surface area (Å²) in [5.41, 5.74) is 2.49. The van der Waals surface area contributed by atoms with Crippen molar-refractivity contribution in [3.05, 3.63) is 17.0 Å². The maximum atomic E-state index is 13.4. The van der Waals surface area contributed by atoms with Gasteiger partial charge in [-0.15, -0.1) is 0 Å². The molecule has 1 saturated carbocycles. The monoisotopic (exact) mass is 417 g/mol. The van der Waals surface area contributed by atoms with E-state index in [1.54, 1.807) is 0 Å². The van der Waals surface area contributed by atoms with E-state index in [2.05, 4.69) is 24.2 Å².